The van der Waals surface area contributed by atoms with Crippen LogP contribution in [0, 0.1) is 39.4 Å². The highest BCUT2D eigenvalue weighted by molar-refractivity contribution is 5.54. The highest BCUT2D eigenvalue weighted by Crippen LogP contribution is 2.37. The smallest absolute Gasteiger partial charge is 0.101 e. The molecule has 0 spiro atoms. The Kier molecular flexibility index (Phi) is 4.28. The van der Waals surface area contributed by atoms with Crippen molar-refractivity contribution < 1.29 is 4.74 Å². The predicted octanol–water partition coefficient (Wildman–Crippen LogP) is 3.04. The van der Waals surface area contributed by atoms with Crippen molar-refractivity contribution >= 4 is 0 Å². The number of hydrogen-bond acceptors (Lipinski definition) is 4. The molecular formula is C15H15N3O. The molecule has 1 rings (SSSR count). The Labute approximate surface area is 113 Å². The summed E-state index contributed by atoms with van der Waals surface area (Å²) in [5.74, 6) is 0. The molecule has 4 heteroatoms. The number of rotatable bonds is 2. The topological polar surface area (TPSA) is 80.6 Å². The highest BCUT2D eigenvalue weighted by atomic mass is 16.5. The maximum Gasteiger partial charge on any atom is 0.101 e. The summed E-state index contributed by atoms with van der Waals surface area (Å²) >= 11 is 0. The maximum absolute atomic E-state index is 9.21. The largest absolute Gasteiger partial charge is 0.376 e. The van der Waals surface area contributed by atoms with Crippen molar-refractivity contribution in [3.63, 3.8) is 0 Å². The van der Waals surface area contributed by atoms with E-state index in [0.717, 1.165) is 0 Å². The normalized spacial score (nSPS) is 12.1. The molecule has 1 aromatic rings. The monoisotopic (exact) mass is 253 g/mol. The fraction of sp³-hybridized carbons (Fsp3) is 0.400. The van der Waals surface area contributed by atoms with E-state index >= 15 is 0 Å². The molecule has 1 atom stereocenters. The summed E-state index contributed by atoms with van der Waals surface area (Å²) in [5.41, 5.74) is 1.28. The van der Waals surface area contributed by atoms with Gasteiger partial charge in [0.1, 0.15) is 12.1 Å². The van der Waals surface area contributed by atoms with Crippen LogP contribution in [0.1, 0.15) is 49.1 Å². The molecule has 0 aliphatic carbocycles. The molecule has 4 nitrogen and oxygen atoms in total. The van der Waals surface area contributed by atoms with Crippen molar-refractivity contribution in [3.05, 3.63) is 34.4 Å². The third kappa shape index (κ3) is 2.91. The molecule has 0 saturated heterocycles. The summed E-state index contributed by atoms with van der Waals surface area (Å²) in [6.45, 7) is 5.98. The Balaban J connectivity index is 3.57. The van der Waals surface area contributed by atoms with E-state index < -0.39 is 0 Å². The summed E-state index contributed by atoms with van der Waals surface area (Å²) in [7, 11) is 1.57. The number of nitrogens with zero attached hydrogens (tertiary/aromatic N) is 3. The van der Waals surface area contributed by atoms with Crippen LogP contribution >= 0.6 is 0 Å². The zero-order valence-electron chi connectivity index (χ0n) is 11.5. The first kappa shape index (κ1) is 14.7. The van der Waals surface area contributed by atoms with Crippen LogP contribution in [-0.2, 0) is 4.74 Å². The summed E-state index contributed by atoms with van der Waals surface area (Å²) in [4.78, 5) is 0. The first-order valence-electron chi connectivity index (χ1n) is 5.80. The molecular weight excluding hydrogens is 238 g/mol. The lowest BCUT2D eigenvalue weighted by Gasteiger charge is -2.30. The molecule has 0 aromatic heterocycles. The van der Waals surface area contributed by atoms with Crippen molar-refractivity contribution in [2.75, 3.05) is 7.11 Å². The van der Waals surface area contributed by atoms with Crippen molar-refractivity contribution in [1.29, 1.82) is 15.8 Å². The van der Waals surface area contributed by atoms with E-state index in [0.29, 0.717) is 11.1 Å². The van der Waals surface area contributed by atoms with Gasteiger partial charge in [-0.1, -0.05) is 20.8 Å². The van der Waals surface area contributed by atoms with Crippen LogP contribution in [0.15, 0.2) is 12.1 Å². The van der Waals surface area contributed by atoms with Gasteiger partial charge in [-0.3, -0.25) is 0 Å². The van der Waals surface area contributed by atoms with Gasteiger partial charge in [0.15, 0.2) is 0 Å². The lowest BCUT2D eigenvalue weighted by atomic mass is 9.82. The van der Waals surface area contributed by atoms with Crippen molar-refractivity contribution in [2.24, 2.45) is 5.41 Å². The maximum atomic E-state index is 9.21. The molecule has 19 heavy (non-hydrogen) atoms. The van der Waals surface area contributed by atoms with E-state index in [1.165, 1.54) is 6.07 Å². The first-order chi connectivity index (χ1) is 8.88. The van der Waals surface area contributed by atoms with Crippen molar-refractivity contribution in [3.8, 4) is 18.2 Å². The number of methoxy groups -OCH3 is 1. The predicted molar refractivity (Wildman–Crippen MR) is 69.8 cm³/mol. The van der Waals surface area contributed by atoms with Gasteiger partial charge in [0.25, 0.3) is 0 Å². The fourth-order valence-corrected chi connectivity index (χ4v) is 2.06. The molecule has 0 saturated carbocycles. The third-order valence-electron chi connectivity index (χ3n) is 2.86. The van der Waals surface area contributed by atoms with E-state index in [1.54, 1.807) is 13.2 Å². The van der Waals surface area contributed by atoms with Crippen LogP contribution in [-0.4, -0.2) is 7.11 Å². The molecule has 0 aliphatic heterocycles. The van der Waals surface area contributed by atoms with Crippen LogP contribution in [0.5, 0.6) is 0 Å². The van der Waals surface area contributed by atoms with Gasteiger partial charge in [-0.25, -0.2) is 0 Å². The Hall–Kier alpha value is -2.35. The van der Waals surface area contributed by atoms with Gasteiger partial charge in [0, 0.05) is 12.7 Å². The van der Waals surface area contributed by atoms with Gasteiger partial charge in [0.2, 0.25) is 0 Å². The molecule has 1 unspecified atom stereocenters. The average Bonchev–Trinajstić information content (AvgIpc) is 2.37. The van der Waals surface area contributed by atoms with Crippen LogP contribution < -0.4 is 0 Å². The Bertz CT molecular complexity index is 606. The van der Waals surface area contributed by atoms with Crippen LogP contribution in [0.3, 0.4) is 0 Å². The summed E-state index contributed by atoms with van der Waals surface area (Å²) in [6.07, 6.45) is -0.318. The molecule has 0 fully saturated rings. The summed E-state index contributed by atoms with van der Waals surface area (Å²) in [5, 5.41) is 27.3. The third-order valence-corrected chi connectivity index (χ3v) is 2.86. The molecule has 0 heterocycles. The second kappa shape index (κ2) is 5.53. The van der Waals surface area contributed by atoms with Crippen LogP contribution in [0.4, 0.5) is 0 Å². The minimum Gasteiger partial charge on any atom is -0.376 e. The number of hydrogen-bond donors (Lipinski definition) is 0. The zero-order valence-corrected chi connectivity index (χ0v) is 11.5. The lowest BCUT2D eigenvalue weighted by Crippen LogP contribution is -2.21. The summed E-state index contributed by atoms with van der Waals surface area (Å²) in [6, 6.07) is 9.01. The lowest BCUT2D eigenvalue weighted by molar-refractivity contribution is 0.0150. The van der Waals surface area contributed by atoms with Gasteiger partial charge in [-0.15, -0.1) is 0 Å². The van der Waals surface area contributed by atoms with Gasteiger partial charge < -0.3 is 4.74 Å². The Morgan fingerprint density at radius 2 is 1.42 bits per heavy atom. The van der Waals surface area contributed by atoms with Gasteiger partial charge in [-0.2, -0.15) is 15.8 Å². The standard InChI is InChI=1S/C15H15N3O/c1-15(2,3)14(19-4)13-6-11(8-17)10(7-16)5-12(13)9-18/h5-6,14H,1-4H3. The highest BCUT2D eigenvalue weighted by Gasteiger charge is 2.29. The Morgan fingerprint density at radius 1 is 0.947 bits per heavy atom. The molecule has 0 amide bonds. The van der Waals surface area contributed by atoms with Gasteiger partial charge in [0.05, 0.1) is 28.9 Å². The summed E-state index contributed by atoms with van der Waals surface area (Å²) < 4.78 is 5.47. The molecule has 96 valence electrons. The van der Waals surface area contributed by atoms with Crippen LogP contribution in [0.2, 0.25) is 0 Å². The average molecular weight is 253 g/mol. The van der Waals surface area contributed by atoms with Crippen molar-refractivity contribution in [1.82, 2.24) is 0 Å². The first-order valence-corrected chi connectivity index (χ1v) is 5.80. The van der Waals surface area contributed by atoms with E-state index in [-0.39, 0.29) is 22.6 Å². The molecule has 0 radical (unpaired) electrons. The van der Waals surface area contributed by atoms with Gasteiger partial charge in [-0.05, 0) is 17.5 Å². The number of benzene rings is 1. The quantitative estimate of drug-likeness (QED) is 0.811. The minimum absolute atomic E-state index is 0.214. The van der Waals surface area contributed by atoms with E-state index in [4.69, 9.17) is 15.3 Å². The second-order valence-corrected chi connectivity index (χ2v) is 5.30. The fourth-order valence-electron chi connectivity index (χ4n) is 2.06. The molecule has 0 bridgehead atoms. The SMILES string of the molecule is COC(c1cc(C#N)c(C#N)cc1C#N)C(C)(C)C. The van der Waals surface area contributed by atoms with Crippen LogP contribution in [0.25, 0.3) is 0 Å². The minimum atomic E-state index is -0.318. The molecule has 0 N–H and O–H groups in total. The Morgan fingerprint density at radius 3 is 1.79 bits per heavy atom. The number of ether oxygens (including phenoxy) is 1. The van der Waals surface area contributed by atoms with E-state index in [1.807, 2.05) is 32.9 Å². The second-order valence-electron chi connectivity index (χ2n) is 5.30. The zero-order chi connectivity index (χ0) is 14.6. The molecule has 1 aromatic carbocycles. The molecule has 0 aliphatic rings. The van der Waals surface area contributed by atoms with E-state index in [2.05, 4.69) is 6.07 Å². The van der Waals surface area contributed by atoms with Gasteiger partial charge >= 0.3 is 0 Å². The van der Waals surface area contributed by atoms with Crippen molar-refractivity contribution in [2.45, 2.75) is 26.9 Å². The number of nitriles is 3. The van der Waals surface area contributed by atoms with E-state index in [9.17, 15) is 5.26 Å².